The van der Waals surface area contributed by atoms with Crippen LogP contribution in [-0.2, 0) is 6.42 Å². The van der Waals surface area contributed by atoms with Crippen LogP contribution in [0.5, 0.6) is 0 Å². The molecule has 0 atom stereocenters. The highest BCUT2D eigenvalue weighted by Gasteiger charge is 2.02. The van der Waals surface area contributed by atoms with Crippen LogP contribution in [0.3, 0.4) is 0 Å². The number of hydrogen-bond donors (Lipinski definition) is 1. The predicted octanol–water partition coefficient (Wildman–Crippen LogP) is 1.68. The number of aryl methyl sites for hydroxylation is 2. The van der Waals surface area contributed by atoms with Gasteiger partial charge in [-0.2, -0.15) is 11.8 Å². The lowest BCUT2D eigenvalue weighted by atomic mass is 10.2. The van der Waals surface area contributed by atoms with Crippen molar-refractivity contribution in [1.29, 1.82) is 0 Å². The van der Waals surface area contributed by atoms with E-state index in [4.69, 9.17) is 0 Å². The molecule has 0 aliphatic rings. The van der Waals surface area contributed by atoms with Crippen molar-refractivity contribution in [3.63, 3.8) is 0 Å². The quantitative estimate of drug-likeness (QED) is 0.772. The van der Waals surface area contributed by atoms with Crippen LogP contribution in [0.15, 0.2) is 4.79 Å². The fourth-order valence-corrected chi connectivity index (χ4v) is 1.64. The predicted molar refractivity (Wildman–Crippen MR) is 61.0 cm³/mol. The molecule has 0 bridgehead atoms. The molecular formula is C10H16N2OS. The van der Waals surface area contributed by atoms with Crippen LogP contribution < -0.4 is 5.56 Å². The average molecular weight is 212 g/mol. The van der Waals surface area contributed by atoms with E-state index in [0.29, 0.717) is 0 Å². The molecular weight excluding hydrogens is 196 g/mol. The number of aromatic amines is 1. The third kappa shape index (κ3) is 2.87. The van der Waals surface area contributed by atoms with Gasteiger partial charge in [-0.3, -0.25) is 4.79 Å². The Morgan fingerprint density at radius 3 is 2.71 bits per heavy atom. The molecule has 0 spiro atoms. The summed E-state index contributed by atoms with van der Waals surface area (Å²) in [6.07, 6.45) is 4.00. The second-order valence-corrected chi connectivity index (χ2v) is 4.30. The molecule has 1 aromatic rings. The van der Waals surface area contributed by atoms with Gasteiger partial charge in [-0.1, -0.05) is 0 Å². The van der Waals surface area contributed by atoms with Crippen LogP contribution in [0.4, 0.5) is 0 Å². The number of rotatable bonds is 4. The number of nitrogens with one attached hydrogen (secondary N) is 1. The molecule has 78 valence electrons. The second kappa shape index (κ2) is 5.20. The van der Waals surface area contributed by atoms with Gasteiger partial charge in [0.05, 0.1) is 0 Å². The van der Waals surface area contributed by atoms with E-state index in [-0.39, 0.29) is 5.56 Å². The third-order valence-corrected chi connectivity index (χ3v) is 2.90. The fraction of sp³-hybridized carbons (Fsp3) is 0.600. The minimum Gasteiger partial charge on any atom is -0.310 e. The Morgan fingerprint density at radius 1 is 1.43 bits per heavy atom. The lowest BCUT2D eigenvalue weighted by Gasteiger charge is -2.03. The Bertz CT molecular complexity index is 360. The van der Waals surface area contributed by atoms with Crippen LogP contribution in [0, 0.1) is 13.8 Å². The summed E-state index contributed by atoms with van der Waals surface area (Å²) in [4.78, 5) is 18.5. The lowest BCUT2D eigenvalue weighted by Crippen LogP contribution is -2.16. The number of aromatic nitrogens is 2. The Balaban J connectivity index is 2.75. The van der Waals surface area contributed by atoms with Crippen molar-refractivity contribution in [3.8, 4) is 0 Å². The van der Waals surface area contributed by atoms with Gasteiger partial charge in [0.25, 0.3) is 5.56 Å². The molecule has 0 aromatic carbocycles. The first-order chi connectivity index (χ1) is 6.65. The fourth-order valence-electron chi connectivity index (χ4n) is 1.21. The van der Waals surface area contributed by atoms with E-state index in [0.717, 1.165) is 35.7 Å². The van der Waals surface area contributed by atoms with Gasteiger partial charge in [-0.25, -0.2) is 4.98 Å². The third-order valence-electron chi connectivity index (χ3n) is 2.21. The molecule has 1 N–H and O–H groups in total. The minimum absolute atomic E-state index is 0.00310. The first-order valence-corrected chi connectivity index (χ1v) is 6.10. The molecule has 3 nitrogen and oxygen atoms in total. The van der Waals surface area contributed by atoms with Gasteiger partial charge < -0.3 is 4.98 Å². The summed E-state index contributed by atoms with van der Waals surface area (Å²) in [7, 11) is 0. The molecule has 14 heavy (non-hydrogen) atoms. The molecule has 1 aromatic heterocycles. The molecule has 0 radical (unpaired) electrons. The van der Waals surface area contributed by atoms with Gasteiger partial charge in [0.2, 0.25) is 0 Å². The molecule has 0 unspecified atom stereocenters. The van der Waals surface area contributed by atoms with Gasteiger partial charge >= 0.3 is 0 Å². The first kappa shape index (κ1) is 11.3. The number of hydrogen-bond acceptors (Lipinski definition) is 3. The summed E-state index contributed by atoms with van der Waals surface area (Å²) >= 11 is 1.81. The zero-order valence-corrected chi connectivity index (χ0v) is 9.70. The highest BCUT2D eigenvalue weighted by Crippen LogP contribution is 2.02. The summed E-state index contributed by atoms with van der Waals surface area (Å²) in [6.45, 7) is 3.68. The van der Waals surface area contributed by atoms with E-state index in [1.165, 1.54) is 0 Å². The van der Waals surface area contributed by atoms with Gasteiger partial charge in [0.15, 0.2) is 0 Å². The Hall–Kier alpha value is -0.770. The Morgan fingerprint density at radius 2 is 2.14 bits per heavy atom. The normalized spacial score (nSPS) is 10.5. The van der Waals surface area contributed by atoms with E-state index >= 15 is 0 Å². The SMILES string of the molecule is CSCCCc1nc(C)c(C)c(=O)[nH]1. The van der Waals surface area contributed by atoms with Crippen molar-refractivity contribution >= 4 is 11.8 Å². The highest BCUT2D eigenvalue weighted by atomic mass is 32.2. The topological polar surface area (TPSA) is 45.8 Å². The maximum Gasteiger partial charge on any atom is 0.254 e. The minimum atomic E-state index is -0.00310. The van der Waals surface area contributed by atoms with Crippen molar-refractivity contribution in [1.82, 2.24) is 9.97 Å². The number of nitrogens with zero attached hydrogens (tertiary/aromatic N) is 1. The Kier molecular flexibility index (Phi) is 4.20. The largest absolute Gasteiger partial charge is 0.310 e. The van der Waals surface area contributed by atoms with Gasteiger partial charge in [-0.15, -0.1) is 0 Å². The maximum absolute atomic E-state index is 11.4. The number of H-pyrrole nitrogens is 1. The van der Waals surface area contributed by atoms with Gasteiger partial charge in [0, 0.05) is 17.7 Å². The highest BCUT2D eigenvalue weighted by molar-refractivity contribution is 7.98. The zero-order chi connectivity index (χ0) is 10.6. The van der Waals surface area contributed by atoms with Crippen molar-refractivity contribution in [2.75, 3.05) is 12.0 Å². The Labute approximate surface area is 88.3 Å². The summed E-state index contributed by atoms with van der Waals surface area (Å²) in [5.41, 5.74) is 1.56. The molecule has 0 aliphatic heterocycles. The van der Waals surface area contributed by atoms with Crippen LogP contribution in [0.1, 0.15) is 23.5 Å². The van der Waals surface area contributed by atoms with Crippen molar-refractivity contribution in [2.45, 2.75) is 26.7 Å². The summed E-state index contributed by atoms with van der Waals surface area (Å²) in [5.74, 6) is 1.92. The number of thioether (sulfide) groups is 1. The zero-order valence-electron chi connectivity index (χ0n) is 8.89. The van der Waals surface area contributed by atoms with E-state index in [9.17, 15) is 4.79 Å². The van der Waals surface area contributed by atoms with Crippen molar-refractivity contribution < 1.29 is 0 Å². The van der Waals surface area contributed by atoms with E-state index in [2.05, 4.69) is 16.2 Å². The molecule has 0 aliphatic carbocycles. The van der Waals surface area contributed by atoms with Crippen molar-refractivity contribution in [3.05, 3.63) is 27.4 Å². The monoisotopic (exact) mass is 212 g/mol. The van der Waals surface area contributed by atoms with Crippen LogP contribution >= 0.6 is 11.8 Å². The van der Waals surface area contributed by atoms with Crippen LogP contribution in [-0.4, -0.2) is 22.0 Å². The average Bonchev–Trinajstić information content (AvgIpc) is 2.14. The second-order valence-electron chi connectivity index (χ2n) is 3.32. The summed E-state index contributed by atoms with van der Waals surface area (Å²) in [5, 5.41) is 0. The van der Waals surface area contributed by atoms with Gasteiger partial charge in [-0.05, 0) is 32.3 Å². The molecule has 0 amide bonds. The summed E-state index contributed by atoms with van der Waals surface area (Å²) in [6, 6.07) is 0. The van der Waals surface area contributed by atoms with E-state index in [1.807, 2.05) is 18.7 Å². The van der Waals surface area contributed by atoms with E-state index < -0.39 is 0 Å². The van der Waals surface area contributed by atoms with Gasteiger partial charge in [0.1, 0.15) is 5.82 Å². The smallest absolute Gasteiger partial charge is 0.254 e. The molecule has 0 saturated heterocycles. The molecule has 0 fully saturated rings. The van der Waals surface area contributed by atoms with E-state index in [1.54, 1.807) is 6.92 Å². The summed E-state index contributed by atoms with van der Waals surface area (Å²) < 4.78 is 0. The first-order valence-electron chi connectivity index (χ1n) is 4.70. The molecule has 4 heteroatoms. The van der Waals surface area contributed by atoms with Crippen LogP contribution in [0.2, 0.25) is 0 Å². The van der Waals surface area contributed by atoms with Crippen molar-refractivity contribution in [2.24, 2.45) is 0 Å². The molecule has 1 rings (SSSR count). The maximum atomic E-state index is 11.4. The molecule has 0 saturated carbocycles. The van der Waals surface area contributed by atoms with Crippen LogP contribution in [0.25, 0.3) is 0 Å². The standard InChI is InChI=1S/C10H16N2OS/c1-7-8(2)11-9(12-10(7)13)5-4-6-14-3/h4-6H2,1-3H3,(H,11,12,13). The molecule has 1 heterocycles. The lowest BCUT2D eigenvalue weighted by molar-refractivity contribution is 0.814.